The van der Waals surface area contributed by atoms with Crippen LogP contribution >= 0.6 is 0 Å². The van der Waals surface area contributed by atoms with Gasteiger partial charge in [-0.3, -0.25) is 0 Å². The van der Waals surface area contributed by atoms with Crippen molar-refractivity contribution in [2.24, 2.45) is 0 Å². The normalized spacial score (nSPS) is 13.7. The summed E-state index contributed by atoms with van der Waals surface area (Å²) in [5, 5.41) is 3.52. The first-order chi connectivity index (χ1) is 10.1. The lowest BCUT2D eigenvalue weighted by atomic mass is 10.0. The predicted octanol–water partition coefficient (Wildman–Crippen LogP) is 4.42. The Morgan fingerprint density at radius 1 is 0.905 bits per heavy atom. The van der Waals surface area contributed by atoms with Crippen molar-refractivity contribution in [1.82, 2.24) is 5.32 Å². The van der Waals surface area contributed by atoms with E-state index in [0.717, 1.165) is 12.3 Å². The molecule has 21 heavy (non-hydrogen) atoms. The van der Waals surface area contributed by atoms with Gasteiger partial charge >= 0.3 is 0 Å². The lowest BCUT2D eigenvalue weighted by Gasteiger charge is -2.26. The monoisotopic (exact) mass is 283 g/mol. The van der Waals surface area contributed by atoms with E-state index < -0.39 is 0 Å². The summed E-state index contributed by atoms with van der Waals surface area (Å²) in [5.74, 6) is 0.920. The van der Waals surface area contributed by atoms with Crippen LogP contribution in [0, 0.1) is 13.8 Å². The maximum atomic E-state index is 6.11. The molecule has 2 aromatic rings. The Morgan fingerprint density at radius 3 is 1.95 bits per heavy atom. The van der Waals surface area contributed by atoms with E-state index in [2.05, 4.69) is 69.4 Å². The molecule has 2 unspecified atom stereocenters. The van der Waals surface area contributed by atoms with Crippen LogP contribution in [0.15, 0.2) is 48.5 Å². The van der Waals surface area contributed by atoms with Gasteiger partial charge in [-0.25, -0.2) is 0 Å². The summed E-state index contributed by atoms with van der Waals surface area (Å²) in [4.78, 5) is 0. The van der Waals surface area contributed by atoms with Crippen molar-refractivity contribution in [2.75, 3.05) is 6.54 Å². The van der Waals surface area contributed by atoms with Gasteiger partial charge in [0, 0.05) is 0 Å². The number of hydrogen-bond acceptors (Lipinski definition) is 2. The topological polar surface area (TPSA) is 21.3 Å². The SMILES string of the molecule is CCNC(c1ccc(C)cc1)C(C)Oc1ccc(C)cc1. The van der Waals surface area contributed by atoms with E-state index in [9.17, 15) is 0 Å². The van der Waals surface area contributed by atoms with Crippen molar-refractivity contribution in [3.63, 3.8) is 0 Å². The molecule has 2 atom stereocenters. The third-order valence-corrected chi connectivity index (χ3v) is 3.67. The van der Waals surface area contributed by atoms with Gasteiger partial charge in [0.15, 0.2) is 0 Å². The number of rotatable bonds is 6. The first kappa shape index (κ1) is 15.6. The highest BCUT2D eigenvalue weighted by Gasteiger charge is 2.19. The molecule has 0 saturated heterocycles. The van der Waals surface area contributed by atoms with Gasteiger partial charge in [0.1, 0.15) is 11.9 Å². The predicted molar refractivity (Wildman–Crippen MR) is 88.9 cm³/mol. The molecule has 0 amide bonds. The first-order valence-electron chi connectivity index (χ1n) is 7.63. The van der Waals surface area contributed by atoms with Crippen LogP contribution in [0.25, 0.3) is 0 Å². The minimum absolute atomic E-state index is 0.0652. The van der Waals surface area contributed by atoms with Crippen LogP contribution in [0.3, 0.4) is 0 Å². The summed E-state index contributed by atoms with van der Waals surface area (Å²) in [6.45, 7) is 9.35. The van der Waals surface area contributed by atoms with Crippen LogP contribution in [-0.2, 0) is 0 Å². The second-order valence-corrected chi connectivity index (χ2v) is 5.58. The van der Waals surface area contributed by atoms with Crippen molar-refractivity contribution < 1.29 is 4.74 Å². The quantitative estimate of drug-likeness (QED) is 0.847. The minimum Gasteiger partial charge on any atom is -0.489 e. The number of ether oxygens (including phenoxy) is 1. The van der Waals surface area contributed by atoms with Gasteiger partial charge in [-0.2, -0.15) is 0 Å². The zero-order chi connectivity index (χ0) is 15.2. The molecule has 2 nitrogen and oxygen atoms in total. The lowest BCUT2D eigenvalue weighted by molar-refractivity contribution is 0.171. The number of benzene rings is 2. The minimum atomic E-state index is 0.0652. The second kappa shape index (κ2) is 7.28. The molecule has 0 spiro atoms. The summed E-state index contributed by atoms with van der Waals surface area (Å²) in [7, 11) is 0. The second-order valence-electron chi connectivity index (χ2n) is 5.58. The van der Waals surface area contributed by atoms with Gasteiger partial charge in [-0.1, -0.05) is 54.4 Å². The highest BCUT2D eigenvalue weighted by Crippen LogP contribution is 2.22. The van der Waals surface area contributed by atoms with Crippen molar-refractivity contribution >= 4 is 0 Å². The number of hydrogen-bond donors (Lipinski definition) is 1. The molecule has 0 saturated carbocycles. The van der Waals surface area contributed by atoms with Gasteiger partial charge in [0.05, 0.1) is 6.04 Å². The Balaban J connectivity index is 2.13. The summed E-state index contributed by atoms with van der Waals surface area (Å²) in [5.41, 5.74) is 3.79. The third-order valence-electron chi connectivity index (χ3n) is 3.67. The van der Waals surface area contributed by atoms with Crippen molar-refractivity contribution in [3.05, 3.63) is 65.2 Å². The van der Waals surface area contributed by atoms with Crippen molar-refractivity contribution in [3.8, 4) is 5.75 Å². The van der Waals surface area contributed by atoms with Crippen molar-refractivity contribution in [1.29, 1.82) is 0 Å². The molecule has 2 rings (SSSR count). The Hall–Kier alpha value is -1.80. The molecular weight excluding hydrogens is 258 g/mol. The molecule has 2 aromatic carbocycles. The molecule has 2 heteroatoms. The molecule has 0 aliphatic rings. The Labute approximate surface area is 128 Å². The van der Waals surface area contributed by atoms with Crippen LogP contribution in [0.1, 0.15) is 36.6 Å². The van der Waals surface area contributed by atoms with Gasteiger partial charge < -0.3 is 10.1 Å². The third kappa shape index (κ3) is 4.33. The summed E-state index contributed by atoms with van der Waals surface area (Å²) in [6, 6.07) is 17.1. The van der Waals surface area contributed by atoms with E-state index in [1.165, 1.54) is 16.7 Å². The summed E-state index contributed by atoms with van der Waals surface area (Å²) < 4.78 is 6.11. The molecule has 0 fully saturated rings. The molecule has 0 heterocycles. The van der Waals surface area contributed by atoms with Gasteiger partial charge in [-0.05, 0) is 45.0 Å². The first-order valence-corrected chi connectivity index (χ1v) is 7.63. The summed E-state index contributed by atoms with van der Waals surface area (Å²) in [6.07, 6.45) is 0.0652. The van der Waals surface area contributed by atoms with Gasteiger partial charge in [-0.15, -0.1) is 0 Å². The maximum absolute atomic E-state index is 6.11. The van der Waals surface area contributed by atoms with Crippen LogP contribution in [0.4, 0.5) is 0 Å². The fourth-order valence-corrected chi connectivity index (χ4v) is 2.45. The zero-order valence-corrected chi connectivity index (χ0v) is 13.4. The molecular formula is C19H25NO. The van der Waals surface area contributed by atoms with Gasteiger partial charge in [0.25, 0.3) is 0 Å². The van der Waals surface area contributed by atoms with E-state index in [1.807, 2.05) is 12.1 Å². The molecule has 0 aliphatic carbocycles. The Kier molecular flexibility index (Phi) is 5.40. The van der Waals surface area contributed by atoms with E-state index in [-0.39, 0.29) is 12.1 Å². The number of aryl methyl sites for hydroxylation is 2. The highest BCUT2D eigenvalue weighted by atomic mass is 16.5. The van der Waals surface area contributed by atoms with E-state index in [4.69, 9.17) is 4.74 Å². The van der Waals surface area contributed by atoms with E-state index in [1.54, 1.807) is 0 Å². The highest BCUT2D eigenvalue weighted by molar-refractivity contribution is 5.28. The lowest BCUT2D eigenvalue weighted by Crippen LogP contribution is -2.33. The molecule has 0 aliphatic heterocycles. The van der Waals surface area contributed by atoms with Crippen LogP contribution < -0.4 is 10.1 Å². The largest absolute Gasteiger partial charge is 0.489 e. The number of likely N-dealkylation sites (N-methyl/N-ethyl adjacent to an activating group) is 1. The van der Waals surface area contributed by atoms with E-state index >= 15 is 0 Å². The molecule has 0 radical (unpaired) electrons. The molecule has 0 aromatic heterocycles. The molecule has 1 N–H and O–H groups in total. The average molecular weight is 283 g/mol. The van der Waals surface area contributed by atoms with Gasteiger partial charge in [0.2, 0.25) is 0 Å². The van der Waals surface area contributed by atoms with E-state index in [0.29, 0.717) is 0 Å². The smallest absolute Gasteiger partial charge is 0.119 e. The standard InChI is InChI=1S/C19H25NO/c1-5-20-19(17-10-6-14(2)7-11-17)16(4)21-18-12-8-15(3)9-13-18/h6-13,16,19-20H,5H2,1-4H3. The Morgan fingerprint density at radius 2 is 1.43 bits per heavy atom. The number of nitrogens with one attached hydrogen (secondary N) is 1. The van der Waals surface area contributed by atoms with Crippen LogP contribution in [0.5, 0.6) is 5.75 Å². The fourth-order valence-electron chi connectivity index (χ4n) is 2.45. The summed E-state index contributed by atoms with van der Waals surface area (Å²) >= 11 is 0. The molecule has 112 valence electrons. The van der Waals surface area contributed by atoms with Crippen molar-refractivity contribution in [2.45, 2.75) is 39.8 Å². The van der Waals surface area contributed by atoms with Crippen LogP contribution in [0.2, 0.25) is 0 Å². The zero-order valence-electron chi connectivity index (χ0n) is 13.4. The molecule has 0 bridgehead atoms. The Bertz CT molecular complexity index is 545. The average Bonchev–Trinajstić information content (AvgIpc) is 2.48. The maximum Gasteiger partial charge on any atom is 0.119 e. The van der Waals surface area contributed by atoms with Crippen LogP contribution in [-0.4, -0.2) is 12.6 Å². The fraction of sp³-hybridized carbons (Fsp3) is 0.368.